The lowest BCUT2D eigenvalue weighted by Gasteiger charge is -2.15. The second-order valence-electron chi connectivity index (χ2n) is 7.39. The highest BCUT2D eigenvalue weighted by molar-refractivity contribution is 5.79. The van der Waals surface area contributed by atoms with Crippen LogP contribution >= 0.6 is 0 Å². The maximum absolute atomic E-state index is 5.96. The minimum atomic E-state index is 0.450. The molecule has 158 valence electrons. The van der Waals surface area contributed by atoms with E-state index in [1.54, 1.807) is 0 Å². The molecule has 6 heteroatoms. The molecule has 0 aromatic heterocycles. The van der Waals surface area contributed by atoms with Crippen LogP contribution in [0, 0.1) is 5.92 Å². The van der Waals surface area contributed by atoms with Crippen molar-refractivity contribution in [2.75, 3.05) is 52.7 Å². The van der Waals surface area contributed by atoms with Crippen LogP contribution in [0.3, 0.4) is 0 Å². The van der Waals surface area contributed by atoms with Gasteiger partial charge in [0, 0.05) is 32.2 Å². The largest absolute Gasteiger partial charge is 0.491 e. The van der Waals surface area contributed by atoms with E-state index in [0.29, 0.717) is 25.0 Å². The zero-order chi connectivity index (χ0) is 20.0. The number of para-hydroxylation sites is 1. The molecule has 1 fully saturated rings. The van der Waals surface area contributed by atoms with Crippen molar-refractivity contribution in [1.82, 2.24) is 10.6 Å². The second-order valence-corrected chi connectivity index (χ2v) is 7.39. The van der Waals surface area contributed by atoms with E-state index in [9.17, 15) is 0 Å². The number of nitrogens with one attached hydrogen (secondary N) is 2. The van der Waals surface area contributed by atoms with Crippen LogP contribution in [0.15, 0.2) is 29.3 Å². The number of benzene rings is 1. The highest BCUT2D eigenvalue weighted by Gasteiger charge is 2.15. The van der Waals surface area contributed by atoms with Crippen LogP contribution in [0.5, 0.6) is 5.75 Å². The van der Waals surface area contributed by atoms with Crippen LogP contribution < -0.4 is 15.4 Å². The van der Waals surface area contributed by atoms with Gasteiger partial charge in [0.1, 0.15) is 12.4 Å². The van der Waals surface area contributed by atoms with Crippen molar-refractivity contribution in [3.8, 4) is 5.75 Å². The Morgan fingerprint density at radius 3 is 2.86 bits per heavy atom. The fourth-order valence-corrected chi connectivity index (χ4v) is 3.08. The van der Waals surface area contributed by atoms with Crippen molar-refractivity contribution in [1.29, 1.82) is 0 Å². The lowest BCUT2D eigenvalue weighted by atomic mass is 10.0. The van der Waals surface area contributed by atoms with Crippen molar-refractivity contribution in [2.24, 2.45) is 10.9 Å². The lowest BCUT2D eigenvalue weighted by Crippen LogP contribution is -2.39. The molecule has 6 nitrogen and oxygen atoms in total. The highest BCUT2D eigenvalue weighted by Crippen LogP contribution is 2.25. The summed E-state index contributed by atoms with van der Waals surface area (Å²) in [5.74, 6) is 2.81. The summed E-state index contributed by atoms with van der Waals surface area (Å²) in [5.41, 5.74) is 1.24. The molecule has 1 aromatic rings. The molecule has 2 rings (SSSR count). The highest BCUT2D eigenvalue weighted by atomic mass is 16.5. The fraction of sp³-hybridized carbons (Fsp3) is 0.682. The van der Waals surface area contributed by atoms with Gasteiger partial charge in [-0.3, -0.25) is 4.99 Å². The third-order valence-corrected chi connectivity index (χ3v) is 4.63. The molecule has 2 N–H and O–H groups in total. The molecule has 0 bridgehead atoms. The van der Waals surface area contributed by atoms with Crippen LogP contribution in [-0.2, 0) is 9.47 Å². The van der Waals surface area contributed by atoms with E-state index in [1.165, 1.54) is 5.56 Å². The first kappa shape index (κ1) is 22.5. The summed E-state index contributed by atoms with van der Waals surface area (Å²) >= 11 is 0. The van der Waals surface area contributed by atoms with Gasteiger partial charge in [0.2, 0.25) is 0 Å². The maximum atomic E-state index is 5.96. The number of hydrogen-bond acceptors (Lipinski definition) is 4. The van der Waals surface area contributed by atoms with Gasteiger partial charge >= 0.3 is 0 Å². The molecule has 1 atom stereocenters. The van der Waals surface area contributed by atoms with Crippen LogP contribution in [0.25, 0.3) is 0 Å². The number of rotatable bonds is 12. The third kappa shape index (κ3) is 8.48. The summed E-state index contributed by atoms with van der Waals surface area (Å²) in [5, 5.41) is 6.60. The fourth-order valence-electron chi connectivity index (χ4n) is 3.08. The van der Waals surface area contributed by atoms with Gasteiger partial charge in [-0.05, 0) is 37.3 Å². The van der Waals surface area contributed by atoms with Gasteiger partial charge in [0.25, 0.3) is 0 Å². The summed E-state index contributed by atoms with van der Waals surface area (Å²) in [6, 6.07) is 8.23. The molecule has 1 saturated heterocycles. The van der Waals surface area contributed by atoms with E-state index in [0.717, 1.165) is 64.1 Å². The maximum Gasteiger partial charge on any atom is 0.191 e. The van der Waals surface area contributed by atoms with Gasteiger partial charge in [0.15, 0.2) is 5.96 Å². The minimum absolute atomic E-state index is 0.450. The van der Waals surface area contributed by atoms with Gasteiger partial charge in [0.05, 0.1) is 19.8 Å². The Bertz CT molecular complexity index is 572. The van der Waals surface area contributed by atoms with Crippen LogP contribution in [0.4, 0.5) is 0 Å². The topological polar surface area (TPSA) is 64.1 Å². The monoisotopic (exact) mass is 391 g/mol. The predicted octanol–water partition coefficient (Wildman–Crippen LogP) is 3.19. The first-order valence-corrected chi connectivity index (χ1v) is 10.6. The van der Waals surface area contributed by atoms with Crippen LogP contribution in [-0.4, -0.2) is 58.6 Å². The smallest absolute Gasteiger partial charge is 0.191 e. The Hall–Kier alpha value is -1.79. The molecule has 1 unspecified atom stereocenters. The SMILES string of the molecule is CCNC(=NCCCOCC1CCOC1)NCCOc1ccccc1C(C)C. The number of aliphatic imine (C=N–C) groups is 1. The first-order chi connectivity index (χ1) is 13.7. The molecule has 0 radical (unpaired) electrons. The van der Waals surface area contributed by atoms with E-state index < -0.39 is 0 Å². The predicted molar refractivity (Wildman–Crippen MR) is 114 cm³/mol. The average molecular weight is 392 g/mol. The Kier molecular flexibility index (Phi) is 10.8. The Morgan fingerprint density at radius 1 is 1.25 bits per heavy atom. The molecule has 1 aliphatic rings. The van der Waals surface area contributed by atoms with Gasteiger partial charge in [-0.15, -0.1) is 0 Å². The van der Waals surface area contributed by atoms with Gasteiger partial charge in [-0.1, -0.05) is 32.0 Å². The molecule has 0 aliphatic carbocycles. The van der Waals surface area contributed by atoms with Crippen LogP contribution in [0.1, 0.15) is 45.1 Å². The summed E-state index contributed by atoms with van der Waals surface area (Å²) in [6.07, 6.45) is 2.04. The average Bonchev–Trinajstić information content (AvgIpc) is 3.21. The standard InChI is InChI=1S/C22H37N3O3/c1-4-23-22(24-11-7-13-26-16-19-10-14-27-17-19)25-12-15-28-21-9-6-5-8-20(21)18(2)3/h5-6,8-9,18-19H,4,7,10-17H2,1-3H3,(H2,23,24,25). The van der Waals surface area contributed by atoms with Crippen molar-refractivity contribution in [3.05, 3.63) is 29.8 Å². The molecule has 0 saturated carbocycles. The summed E-state index contributed by atoms with van der Waals surface area (Å²) < 4.78 is 17.0. The third-order valence-electron chi connectivity index (χ3n) is 4.63. The van der Waals surface area contributed by atoms with Crippen molar-refractivity contribution >= 4 is 5.96 Å². The Morgan fingerprint density at radius 2 is 2.11 bits per heavy atom. The van der Waals surface area contributed by atoms with Crippen LogP contribution in [0.2, 0.25) is 0 Å². The molecular formula is C22H37N3O3. The summed E-state index contributed by atoms with van der Waals surface area (Å²) in [4.78, 5) is 4.61. The molecular weight excluding hydrogens is 354 g/mol. The number of hydrogen-bond donors (Lipinski definition) is 2. The molecule has 28 heavy (non-hydrogen) atoms. The van der Waals surface area contributed by atoms with Gasteiger partial charge in [-0.25, -0.2) is 0 Å². The van der Waals surface area contributed by atoms with E-state index in [2.05, 4.69) is 48.5 Å². The summed E-state index contributed by atoms with van der Waals surface area (Å²) in [6.45, 7) is 12.6. The zero-order valence-corrected chi connectivity index (χ0v) is 17.7. The van der Waals surface area contributed by atoms with E-state index >= 15 is 0 Å². The van der Waals surface area contributed by atoms with Crippen molar-refractivity contribution in [2.45, 2.75) is 39.5 Å². The molecule has 1 aromatic carbocycles. The van der Waals surface area contributed by atoms with E-state index in [4.69, 9.17) is 14.2 Å². The number of ether oxygens (including phenoxy) is 3. The minimum Gasteiger partial charge on any atom is -0.491 e. The molecule has 1 aliphatic heterocycles. The van der Waals surface area contributed by atoms with Gasteiger partial charge in [-0.2, -0.15) is 0 Å². The first-order valence-electron chi connectivity index (χ1n) is 10.6. The molecule has 0 amide bonds. The molecule has 1 heterocycles. The molecule has 0 spiro atoms. The van der Waals surface area contributed by atoms with Crippen molar-refractivity contribution < 1.29 is 14.2 Å². The Balaban J connectivity index is 1.62. The quantitative estimate of drug-likeness (QED) is 0.325. The normalized spacial score (nSPS) is 17.1. The van der Waals surface area contributed by atoms with Gasteiger partial charge < -0.3 is 24.8 Å². The zero-order valence-electron chi connectivity index (χ0n) is 17.7. The summed E-state index contributed by atoms with van der Waals surface area (Å²) in [7, 11) is 0. The number of guanidine groups is 1. The Labute approximate surface area is 170 Å². The second kappa shape index (κ2) is 13.4. The van der Waals surface area contributed by atoms with E-state index in [1.807, 2.05) is 12.1 Å². The number of nitrogens with zero attached hydrogens (tertiary/aromatic N) is 1. The van der Waals surface area contributed by atoms with Crippen molar-refractivity contribution in [3.63, 3.8) is 0 Å². The van der Waals surface area contributed by atoms with E-state index in [-0.39, 0.29) is 0 Å². The lowest BCUT2D eigenvalue weighted by molar-refractivity contribution is 0.0893.